The Morgan fingerprint density at radius 3 is 2.05 bits per heavy atom. The van der Waals surface area contributed by atoms with Gasteiger partial charge in [0.25, 0.3) is 17.7 Å². The van der Waals surface area contributed by atoms with E-state index in [9.17, 15) is 18.8 Å². The molecule has 0 saturated carbocycles. The van der Waals surface area contributed by atoms with Gasteiger partial charge in [0.15, 0.2) is 0 Å². The lowest BCUT2D eigenvalue weighted by Gasteiger charge is -2.15. The lowest BCUT2D eigenvalue weighted by atomic mass is 10.1. The van der Waals surface area contributed by atoms with Gasteiger partial charge in [0, 0.05) is 21.8 Å². The minimum Gasteiger partial charge on any atom is -0.497 e. The molecule has 7 nitrogen and oxygen atoms in total. The standard InChI is InChI=1S/C31H24FN3O4S/c1-19-3-5-20(6-4-19)29(36)34-23-11-17-26(18-12-23)40-28-27(33-22-9-7-21(32)8-10-22)30(37)35(31(28)38)24-13-15-25(39-2)16-14-24/h3-18,33H,1-2H3,(H,34,36). The van der Waals surface area contributed by atoms with E-state index < -0.39 is 17.6 Å². The number of carbonyl (C=O) groups is 3. The van der Waals surface area contributed by atoms with E-state index in [1.54, 1.807) is 60.7 Å². The first-order chi connectivity index (χ1) is 19.3. The molecule has 0 aromatic heterocycles. The highest BCUT2D eigenvalue weighted by molar-refractivity contribution is 8.04. The maximum atomic E-state index is 13.6. The third-order valence-electron chi connectivity index (χ3n) is 6.13. The number of benzene rings is 4. The minimum atomic E-state index is -0.538. The van der Waals surface area contributed by atoms with Gasteiger partial charge in [-0.2, -0.15) is 0 Å². The van der Waals surface area contributed by atoms with Gasteiger partial charge in [-0.15, -0.1) is 0 Å². The van der Waals surface area contributed by atoms with Crippen molar-refractivity contribution in [2.24, 2.45) is 0 Å². The van der Waals surface area contributed by atoms with Crippen molar-refractivity contribution in [1.29, 1.82) is 0 Å². The van der Waals surface area contributed by atoms with E-state index in [1.165, 1.54) is 31.4 Å². The van der Waals surface area contributed by atoms with Gasteiger partial charge in [0.1, 0.15) is 22.2 Å². The number of nitrogens with zero attached hydrogens (tertiary/aromatic N) is 1. The molecule has 200 valence electrons. The van der Waals surface area contributed by atoms with Crippen LogP contribution in [0.1, 0.15) is 15.9 Å². The molecule has 1 aliphatic heterocycles. The van der Waals surface area contributed by atoms with Crippen LogP contribution in [0.25, 0.3) is 0 Å². The van der Waals surface area contributed by atoms with E-state index in [0.29, 0.717) is 33.3 Å². The third kappa shape index (κ3) is 5.74. The number of hydrogen-bond acceptors (Lipinski definition) is 6. The first kappa shape index (κ1) is 26.7. The number of hydrogen-bond donors (Lipinski definition) is 2. The molecule has 0 atom stereocenters. The molecule has 1 aliphatic rings. The van der Waals surface area contributed by atoms with Crippen molar-refractivity contribution < 1.29 is 23.5 Å². The van der Waals surface area contributed by atoms with E-state index >= 15 is 0 Å². The number of thioether (sulfide) groups is 1. The number of aryl methyl sites for hydroxylation is 1. The minimum absolute atomic E-state index is 0.0779. The van der Waals surface area contributed by atoms with Gasteiger partial charge in [0.05, 0.1) is 12.8 Å². The number of halogens is 1. The molecular weight excluding hydrogens is 529 g/mol. The lowest BCUT2D eigenvalue weighted by Crippen LogP contribution is -2.32. The second kappa shape index (κ2) is 11.5. The van der Waals surface area contributed by atoms with Crippen molar-refractivity contribution in [3.63, 3.8) is 0 Å². The highest BCUT2D eigenvalue weighted by Gasteiger charge is 2.40. The summed E-state index contributed by atoms with van der Waals surface area (Å²) < 4.78 is 18.6. The average molecular weight is 554 g/mol. The Balaban J connectivity index is 1.40. The van der Waals surface area contributed by atoms with Crippen molar-refractivity contribution >= 4 is 46.5 Å². The Hall–Kier alpha value is -4.89. The molecule has 3 amide bonds. The SMILES string of the molecule is COc1ccc(N2C(=O)C(Nc3ccc(F)cc3)=C(Sc3ccc(NC(=O)c4ccc(C)cc4)cc3)C2=O)cc1. The van der Waals surface area contributed by atoms with E-state index in [1.807, 2.05) is 19.1 Å². The predicted molar refractivity (Wildman–Crippen MR) is 154 cm³/mol. The molecule has 0 spiro atoms. The summed E-state index contributed by atoms with van der Waals surface area (Å²) in [5.74, 6) is -1.10. The Labute approximate surface area is 234 Å². The summed E-state index contributed by atoms with van der Waals surface area (Å²) in [4.78, 5) is 41.6. The second-order valence-electron chi connectivity index (χ2n) is 8.93. The average Bonchev–Trinajstić information content (AvgIpc) is 3.19. The predicted octanol–water partition coefficient (Wildman–Crippen LogP) is 6.38. The van der Waals surface area contributed by atoms with Crippen LogP contribution in [-0.2, 0) is 9.59 Å². The highest BCUT2D eigenvalue weighted by atomic mass is 32.2. The Kier molecular flexibility index (Phi) is 7.65. The number of methoxy groups -OCH3 is 1. The van der Waals surface area contributed by atoms with Gasteiger partial charge in [-0.3, -0.25) is 14.4 Å². The molecule has 4 aromatic rings. The van der Waals surface area contributed by atoms with Gasteiger partial charge in [-0.1, -0.05) is 29.5 Å². The van der Waals surface area contributed by atoms with E-state index in [4.69, 9.17) is 4.74 Å². The number of amides is 3. The van der Waals surface area contributed by atoms with E-state index in [-0.39, 0.29) is 16.5 Å². The van der Waals surface area contributed by atoms with Crippen LogP contribution in [0.3, 0.4) is 0 Å². The van der Waals surface area contributed by atoms with Gasteiger partial charge in [-0.25, -0.2) is 9.29 Å². The van der Waals surface area contributed by atoms with Crippen LogP contribution >= 0.6 is 11.8 Å². The molecule has 0 radical (unpaired) electrons. The summed E-state index contributed by atoms with van der Waals surface area (Å²) in [5, 5.41) is 5.85. The monoisotopic (exact) mass is 553 g/mol. The highest BCUT2D eigenvalue weighted by Crippen LogP contribution is 2.38. The van der Waals surface area contributed by atoms with Crippen molar-refractivity contribution in [2.45, 2.75) is 11.8 Å². The molecule has 0 aliphatic carbocycles. The molecule has 2 N–H and O–H groups in total. The number of rotatable bonds is 8. The Morgan fingerprint density at radius 1 is 0.800 bits per heavy atom. The molecule has 1 heterocycles. The molecule has 0 saturated heterocycles. The molecule has 5 rings (SSSR count). The first-order valence-corrected chi connectivity index (χ1v) is 13.1. The number of imide groups is 1. The van der Waals surface area contributed by atoms with Crippen LogP contribution < -0.4 is 20.3 Å². The van der Waals surface area contributed by atoms with Crippen LogP contribution in [0, 0.1) is 12.7 Å². The fourth-order valence-electron chi connectivity index (χ4n) is 3.99. The van der Waals surface area contributed by atoms with Gasteiger partial charge >= 0.3 is 0 Å². The van der Waals surface area contributed by atoms with Crippen LogP contribution in [0.5, 0.6) is 5.75 Å². The summed E-state index contributed by atoms with van der Waals surface area (Å²) in [6.45, 7) is 1.95. The van der Waals surface area contributed by atoms with Crippen LogP contribution in [-0.4, -0.2) is 24.8 Å². The van der Waals surface area contributed by atoms with E-state index in [2.05, 4.69) is 10.6 Å². The zero-order valence-electron chi connectivity index (χ0n) is 21.6. The summed E-state index contributed by atoms with van der Waals surface area (Å²) in [5.41, 5.74) is 3.11. The van der Waals surface area contributed by atoms with Crippen LogP contribution in [0.15, 0.2) is 113 Å². The number of ether oxygens (including phenoxy) is 1. The molecule has 4 aromatic carbocycles. The number of anilines is 3. The Bertz CT molecular complexity index is 1600. The van der Waals surface area contributed by atoms with Crippen LogP contribution in [0.4, 0.5) is 21.5 Å². The van der Waals surface area contributed by atoms with Gasteiger partial charge in [0.2, 0.25) is 0 Å². The molecule has 0 fully saturated rings. The molecule has 0 bridgehead atoms. The van der Waals surface area contributed by atoms with Crippen molar-refractivity contribution in [3.8, 4) is 5.75 Å². The topological polar surface area (TPSA) is 87.7 Å². The summed E-state index contributed by atoms with van der Waals surface area (Å²) >= 11 is 1.12. The molecule has 0 unspecified atom stereocenters. The number of carbonyl (C=O) groups excluding carboxylic acids is 3. The maximum Gasteiger partial charge on any atom is 0.283 e. The summed E-state index contributed by atoms with van der Waals surface area (Å²) in [6.07, 6.45) is 0. The first-order valence-electron chi connectivity index (χ1n) is 12.3. The fraction of sp³-hybridized carbons (Fsp3) is 0.0645. The van der Waals surface area contributed by atoms with Gasteiger partial charge < -0.3 is 15.4 Å². The van der Waals surface area contributed by atoms with Crippen molar-refractivity contribution in [2.75, 3.05) is 22.6 Å². The zero-order chi connectivity index (χ0) is 28.2. The summed E-state index contributed by atoms with van der Waals surface area (Å²) in [7, 11) is 1.53. The molecule has 40 heavy (non-hydrogen) atoms. The fourth-order valence-corrected chi connectivity index (χ4v) is 4.92. The smallest absolute Gasteiger partial charge is 0.283 e. The van der Waals surface area contributed by atoms with Crippen molar-refractivity contribution in [3.05, 3.63) is 125 Å². The lowest BCUT2D eigenvalue weighted by molar-refractivity contribution is -0.120. The molecular formula is C31H24FN3O4S. The van der Waals surface area contributed by atoms with Gasteiger partial charge in [-0.05, 0) is 91.9 Å². The van der Waals surface area contributed by atoms with Crippen LogP contribution in [0.2, 0.25) is 0 Å². The Morgan fingerprint density at radius 2 is 1.43 bits per heavy atom. The molecule has 9 heteroatoms. The van der Waals surface area contributed by atoms with E-state index in [0.717, 1.165) is 22.2 Å². The zero-order valence-corrected chi connectivity index (χ0v) is 22.4. The second-order valence-corrected chi connectivity index (χ2v) is 10.0. The van der Waals surface area contributed by atoms with Crippen molar-refractivity contribution in [1.82, 2.24) is 0 Å². The quantitative estimate of drug-likeness (QED) is 0.246. The normalized spacial score (nSPS) is 13.0. The third-order valence-corrected chi connectivity index (χ3v) is 7.22. The largest absolute Gasteiger partial charge is 0.497 e. The maximum absolute atomic E-state index is 13.6. The number of nitrogens with one attached hydrogen (secondary N) is 2. The summed E-state index contributed by atoms with van der Waals surface area (Å²) in [6, 6.07) is 26.3.